The highest BCUT2D eigenvalue weighted by Crippen LogP contribution is 2.45. The van der Waals surface area contributed by atoms with Crippen molar-refractivity contribution in [3.63, 3.8) is 0 Å². The average Bonchev–Trinajstić information content (AvgIpc) is 2.74. The van der Waals surface area contributed by atoms with Crippen LogP contribution in [0.25, 0.3) is 11.3 Å². The summed E-state index contributed by atoms with van der Waals surface area (Å²) in [6, 6.07) is 29.9. The summed E-state index contributed by atoms with van der Waals surface area (Å²) in [6.45, 7) is 0. The van der Waals surface area contributed by atoms with Crippen LogP contribution in [0, 0.1) is 0 Å². The maximum Gasteiger partial charge on any atom is 0.0787 e. The monoisotopic (exact) mass is 334 g/mol. The first-order valence-electron chi connectivity index (χ1n) is 8.81. The Labute approximate surface area is 153 Å². The second-order valence-corrected chi connectivity index (χ2v) is 6.34. The molecule has 0 bridgehead atoms. The van der Waals surface area contributed by atoms with E-state index in [4.69, 9.17) is 0 Å². The smallest absolute Gasteiger partial charge is 0.0787 e. The molecule has 124 valence electrons. The van der Waals surface area contributed by atoms with Gasteiger partial charge in [-0.1, -0.05) is 78.9 Å². The zero-order valence-corrected chi connectivity index (χ0v) is 14.3. The van der Waals surface area contributed by atoms with E-state index in [2.05, 4.69) is 119 Å². The van der Waals surface area contributed by atoms with Gasteiger partial charge in [-0.25, -0.2) is 0 Å². The van der Waals surface area contributed by atoms with E-state index >= 15 is 0 Å². The predicted octanol–water partition coefficient (Wildman–Crippen LogP) is 5.68. The Morgan fingerprint density at radius 3 is 1.81 bits per heavy atom. The molecule has 2 nitrogen and oxygen atoms in total. The molecule has 5 rings (SSSR count). The summed E-state index contributed by atoms with van der Waals surface area (Å²) < 4.78 is 0. The molecule has 0 aromatic heterocycles. The number of benzene rings is 3. The van der Waals surface area contributed by atoms with E-state index in [0.717, 1.165) is 0 Å². The molecule has 3 aromatic rings. The van der Waals surface area contributed by atoms with Crippen molar-refractivity contribution in [2.24, 2.45) is 0 Å². The number of hydrogen-bond acceptors (Lipinski definition) is 2. The number of allylic oxidation sites excluding steroid dienone is 2. The van der Waals surface area contributed by atoms with Gasteiger partial charge in [0.25, 0.3) is 0 Å². The van der Waals surface area contributed by atoms with Crippen LogP contribution in [0.3, 0.4) is 0 Å². The Kier molecular flexibility index (Phi) is 3.46. The molecule has 0 aliphatic carbocycles. The van der Waals surface area contributed by atoms with Gasteiger partial charge < -0.3 is 0 Å². The Hall–Kier alpha value is -3.52. The minimum atomic E-state index is 1.19. The van der Waals surface area contributed by atoms with Crippen molar-refractivity contribution in [3.05, 3.63) is 126 Å². The third kappa shape index (κ3) is 2.27. The minimum absolute atomic E-state index is 1.19. The van der Waals surface area contributed by atoms with E-state index in [9.17, 15) is 0 Å². The van der Waals surface area contributed by atoms with E-state index in [0.29, 0.717) is 0 Å². The lowest BCUT2D eigenvalue weighted by Crippen LogP contribution is -2.38. The number of para-hydroxylation sites is 1. The van der Waals surface area contributed by atoms with Gasteiger partial charge in [0.2, 0.25) is 0 Å². The van der Waals surface area contributed by atoms with Crippen molar-refractivity contribution in [2.75, 3.05) is 5.01 Å². The molecule has 3 aromatic carbocycles. The topological polar surface area (TPSA) is 6.48 Å². The molecule has 0 amide bonds. The van der Waals surface area contributed by atoms with Crippen molar-refractivity contribution in [3.8, 4) is 0 Å². The largest absolute Gasteiger partial charge is 0.256 e. The zero-order valence-electron chi connectivity index (χ0n) is 14.3. The highest BCUT2D eigenvalue weighted by molar-refractivity contribution is 6.04. The molecular formula is C24H18N2. The van der Waals surface area contributed by atoms with Crippen molar-refractivity contribution < 1.29 is 0 Å². The SMILES string of the molecule is C1=CN2C(c3ccccc3)=C(c3ccccc3)c3ccccc3N2C=C1. The van der Waals surface area contributed by atoms with Crippen LogP contribution < -0.4 is 5.01 Å². The minimum Gasteiger partial charge on any atom is -0.256 e. The van der Waals surface area contributed by atoms with Gasteiger partial charge in [0.05, 0.1) is 11.4 Å². The third-order valence-corrected chi connectivity index (χ3v) is 4.79. The molecule has 0 spiro atoms. The molecule has 2 heterocycles. The van der Waals surface area contributed by atoms with Crippen LogP contribution in [-0.2, 0) is 0 Å². The number of anilines is 1. The predicted molar refractivity (Wildman–Crippen MR) is 108 cm³/mol. The molecular weight excluding hydrogens is 316 g/mol. The first-order valence-corrected chi connectivity index (χ1v) is 8.81. The summed E-state index contributed by atoms with van der Waals surface area (Å²) in [5, 5.41) is 4.45. The fourth-order valence-corrected chi connectivity index (χ4v) is 3.68. The van der Waals surface area contributed by atoms with Crippen LogP contribution in [0.1, 0.15) is 16.7 Å². The molecule has 26 heavy (non-hydrogen) atoms. The summed E-state index contributed by atoms with van der Waals surface area (Å²) in [5.74, 6) is 0. The van der Waals surface area contributed by atoms with Crippen LogP contribution in [0.15, 0.2) is 109 Å². The molecule has 0 unspecified atom stereocenters. The van der Waals surface area contributed by atoms with E-state index in [-0.39, 0.29) is 0 Å². The van der Waals surface area contributed by atoms with Crippen molar-refractivity contribution in [2.45, 2.75) is 0 Å². The van der Waals surface area contributed by atoms with Crippen LogP contribution in [0.2, 0.25) is 0 Å². The molecule has 2 aliphatic heterocycles. The Balaban J connectivity index is 1.88. The number of rotatable bonds is 2. The maximum absolute atomic E-state index is 2.24. The van der Waals surface area contributed by atoms with Crippen molar-refractivity contribution in [1.82, 2.24) is 5.01 Å². The molecule has 0 saturated carbocycles. The Bertz CT molecular complexity index is 1030. The molecule has 0 fully saturated rings. The summed E-state index contributed by atoms with van der Waals surface area (Å²) >= 11 is 0. The Morgan fingerprint density at radius 1 is 0.500 bits per heavy atom. The molecule has 2 heteroatoms. The number of nitrogens with zero attached hydrogens (tertiary/aromatic N) is 2. The highest BCUT2D eigenvalue weighted by atomic mass is 15.6. The van der Waals surface area contributed by atoms with Gasteiger partial charge in [-0.3, -0.25) is 10.0 Å². The van der Waals surface area contributed by atoms with Gasteiger partial charge in [0, 0.05) is 29.1 Å². The molecule has 0 N–H and O–H groups in total. The van der Waals surface area contributed by atoms with E-state index < -0.39 is 0 Å². The summed E-state index contributed by atoms with van der Waals surface area (Å²) in [5.41, 5.74) is 7.30. The molecule has 0 atom stereocenters. The van der Waals surface area contributed by atoms with Crippen LogP contribution in [0.4, 0.5) is 5.69 Å². The van der Waals surface area contributed by atoms with Gasteiger partial charge >= 0.3 is 0 Å². The normalized spacial score (nSPS) is 15.1. The maximum atomic E-state index is 2.24. The van der Waals surface area contributed by atoms with Gasteiger partial charge in [0.1, 0.15) is 0 Å². The van der Waals surface area contributed by atoms with Crippen LogP contribution in [-0.4, -0.2) is 5.01 Å². The highest BCUT2D eigenvalue weighted by Gasteiger charge is 2.30. The lowest BCUT2D eigenvalue weighted by Gasteiger charge is -2.42. The lowest BCUT2D eigenvalue weighted by atomic mass is 9.90. The molecule has 0 saturated heterocycles. The summed E-state index contributed by atoms with van der Waals surface area (Å²) in [6.07, 6.45) is 8.39. The fourth-order valence-electron chi connectivity index (χ4n) is 3.68. The molecule has 0 radical (unpaired) electrons. The quantitative estimate of drug-likeness (QED) is 0.595. The average molecular weight is 334 g/mol. The summed E-state index contributed by atoms with van der Waals surface area (Å²) in [4.78, 5) is 0. The summed E-state index contributed by atoms with van der Waals surface area (Å²) in [7, 11) is 0. The first kappa shape index (κ1) is 14.8. The van der Waals surface area contributed by atoms with E-state index in [1.54, 1.807) is 0 Å². The van der Waals surface area contributed by atoms with Gasteiger partial charge in [-0.05, 0) is 23.8 Å². The second-order valence-electron chi connectivity index (χ2n) is 6.34. The van der Waals surface area contributed by atoms with Gasteiger partial charge in [-0.15, -0.1) is 0 Å². The fraction of sp³-hybridized carbons (Fsp3) is 0. The second kappa shape index (κ2) is 6.08. The van der Waals surface area contributed by atoms with Crippen molar-refractivity contribution >= 4 is 17.0 Å². The number of fused-ring (bicyclic) bond motifs is 3. The van der Waals surface area contributed by atoms with Crippen LogP contribution >= 0.6 is 0 Å². The Morgan fingerprint density at radius 2 is 1.08 bits per heavy atom. The zero-order chi connectivity index (χ0) is 17.3. The standard InChI is InChI=1S/C24H18N2/c1-3-11-19(12-4-1)23-21-15-7-8-16-22(21)25-17-9-10-18-26(25)24(23)20-13-5-2-6-14-20/h1-18H. The van der Waals surface area contributed by atoms with E-state index in [1.807, 2.05) is 0 Å². The number of hydrogen-bond donors (Lipinski definition) is 0. The van der Waals surface area contributed by atoms with Crippen molar-refractivity contribution in [1.29, 1.82) is 0 Å². The molecule has 2 aliphatic rings. The van der Waals surface area contributed by atoms with Gasteiger partial charge in [-0.2, -0.15) is 0 Å². The third-order valence-electron chi connectivity index (χ3n) is 4.79. The van der Waals surface area contributed by atoms with Gasteiger partial charge in [0.15, 0.2) is 0 Å². The first-order chi connectivity index (χ1) is 12.9. The van der Waals surface area contributed by atoms with Crippen LogP contribution in [0.5, 0.6) is 0 Å². The van der Waals surface area contributed by atoms with E-state index in [1.165, 1.54) is 33.6 Å². The lowest BCUT2D eigenvalue weighted by molar-refractivity contribution is 0.527. The number of hydrazine groups is 1.